The van der Waals surface area contributed by atoms with Crippen molar-refractivity contribution in [2.24, 2.45) is 5.92 Å². The van der Waals surface area contributed by atoms with Gasteiger partial charge in [-0.2, -0.15) is 0 Å². The van der Waals surface area contributed by atoms with Gasteiger partial charge >= 0.3 is 0 Å². The van der Waals surface area contributed by atoms with Crippen LogP contribution in [0.5, 0.6) is 5.75 Å². The molecule has 2 aromatic rings. The number of nitrogens with one attached hydrogen (secondary N) is 1. The van der Waals surface area contributed by atoms with Crippen LogP contribution in [0.2, 0.25) is 0 Å². The minimum Gasteiger partial charge on any atom is -0.497 e. The molecule has 0 aliphatic carbocycles. The van der Waals surface area contributed by atoms with E-state index in [1.54, 1.807) is 7.11 Å². The SMILES string of the molecule is COc1cccc(N2CC[C@H](CNC(=O)c3c(C)oc(C)c3C)C2)c1. The Bertz CT molecular complexity index is 766. The first-order valence-corrected chi connectivity index (χ1v) is 8.73. The van der Waals surface area contributed by atoms with E-state index in [-0.39, 0.29) is 5.91 Å². The first-order chi connectivity index (χ1) is 12.0. The molecule has 0 radical (unpaired) electrons. The predicted octanol–water partition coefficient (Wildman–Crippen LogP) is 3.47. The van der Waals surface area contributed by atoms with E-state index in [1.807, 2.05) is 32.9 Å². The summed E-state index contributed by atoms with van der Waals surface area (Å²) in [5, 5.41) is 3.08. The zero-order valence-corrected chi connectivity index (χ0v) is 15.4. The fraction of sp³-hybridized carbons (Fsp3) is 0.450. The molecule has 1 amide bonds. The number of furan rings is 1. The van der Waals surface area contributed by atoms with Crippen LogP contribution in [-0.2, 0) is 0 Å². The van der Waals surface area contributed by atoms with Crippen LogP contribution in [0.4, 0.5) is 5.69 Å². The first kappa shape index (κ1) is 17.4. The molecule has 5 heteroatoms. The molecule has 25 heavy (non-hydrogen) atoms. The summed E-state index contributed by atoms with van der Waals surface area (Å²) in [6.07, 6.45) is 1.07. The van der Waals surface area contributed by atoms with Gasteiger partial charge in [0.05, 0.1) is 12.7 Å². The Hall–Kier alpha value is -2.43. The van der Waals surface area contributed by atoms with Crippen LogP contribution in [0.1, 0.15) is 33.9 Å². The third-order valence-electron chi connectivity index (χ3n) is 5.04. The normalized spacial score (nSPS) is 17.0. The Morgan fingerprint density at radius 1 is 1.32 bits per heavy atom. The fourth-order valence-electron chi connectivity index (χ4n) is 3.49. The number of ether oxygens (including phenoxy) is 1. The molecule has 1 aliphatic heterocycles. The van der Waals surface area contributed by atoms with Crippen LogP contribution in [0.25, 0.3) is 0 Å². The van der Waals surface area contributed by atoms with Gasteiger partial charge in [0.2, 0.25) is 0 Å². The summed E-state index contributed by atoms with van der Waals surface area (Å²) in [5.74, 6) is 2.79. The number of rotatable bonds is 5. The first-order valence-electron chi connectivity index (χ1n) is 8.73. The molecule has 0 bridgehead atoms. The molecule has 134 valence electrons. The van der Waals surface area contributed by atoms with E-state index >= 15 is 0 Å². The largest absolute Gasteiger partial charge is 0.497 e. The van der Waals surface area contributed by atoms with Gasteiger partial charge in [-0.25, -0.2) is 0 Å². The summed E-state index contributed by atoms with van der Waals surface area (Å²) in [6, 6.07) is 8.12. The summed E-state index contributed by atoms with van der Waals surface area (Å²) < 4.78 is 10.9. The van der Waals surface area contributed by atoms with Gasteiger partial charge in [-0.05, 0) is 45.2 Å². The highest BCUT2D eigenvalue weighted by Crippen LogP contribution is 2.27. The summed E-state index contributed by atoms with van der Waals surface area (Å²) in [4.78, 5) is 14.8. The lowest BCUT2D eigenvalue weighted by Gasteiger charge is -2.19. The van der Waals surface area contributed by atoms with Gasteiger partial charge in [0, 0.05) is 37.0 Å². The Labute approximate surface area is 149 Å². The standard InChI is InChI=1S/C20H26N2O3/c1-13-14(2)25-15(3)19(13)20(23)21-11-16-8-9-22(12-16)17-6-5-7-18(10-17)24-4/h5-7,10,16H,8-9,11-12H2,1-4H3,(H,21,23)/t16-/m1/s1. The van der Waals surface area contributed by atoms with Crippen molar-refractivity contribution in [2.75, 3.05) is 31.6 Å². The van der Waals surface area contributed by atoms with Crippen molar-refractivity contribution in [3.05, 3.63) is 46.9 Å². The minimum absolute atomic E-state index is 0.0355. The van der Waals surface area contributed by atoms with Crippen molar-refractivity contribution >= 4 is 11.6 Å². The number of carbonyl (C=O) groups is 1. The van der Waals surface area contributed by atoms with Crippen LogP contribution in [0, 0.1) is 26.7 Å². The monoisotopic (exact) mass is 342 g/mol. The number of anilines is 1. The molecule has 0 spiro atoms. The predicted molar refractivity (Wildman–Crippen MR) is 98.6 cm³/mol. The van der Waals surface area contributed by atoms with Crippen LogP contribution >= 0.6 is 0 Å². The smallest absolute Gasteiger partial charge is 0.255 e. The summed E-state index contributed by atoms with van der Waals surface area (Å²) >= 11 is 0. The summed E-state index contributed by atoms with van der Waals surface area (Å²) in [7, 11) is 1.68. The lowest BCUT2D eigenvalue weighted by atomic mass is 10.1. The number of benzene rings is 1. The number of hydrogen-bond acceptors (Lipinski definition) is 4. The lowest BCUT2D eigenvalue weighted by molar-refractivity contribution is 0.0946. The third-order valence-corrected chi connectivity index (χ3v) is 5.04. The van der Waals surface area contributed by atoms with Crippen LogP contribution in [-0.4, -0.2) is 32.7 Å². The van der Waals surface area contributed by atoms with Gasteiger partial charge in [-0.3, -0.25) is 4.79 Å². The average Bonchev–Trinajstić information content (AvgIpc) is 3.18. The second-order valence-corrected chi connectivity index (χ2v) is 6.73. The highest BCUT2D eigenvalue weighted by atomic mass is 16.5. The molecule has 1 aromatic carbocycles. The Morgan fingerprint density at radius 2 is 2.12 bits per heavy atom. The molecule has 1 atom stereocenters. The van der Waals surface area contributed by atoms with Crippen LogP contribution < -0.4 is 15.0 Å². The molecular formula is C20H26N2O3. The van der Waals surface area contributed by atoms with Gasteiger partial charge in [0.15, 0.2) is 0 Å². The van der Waals surface area contributed by atoms with E-state index < -0.39 is 0 Å². The fourth-order valence-corrected chi connectivity index (χ4v) is 3.49. The number of hydrogen-bond donors (Lipinski definition) is 1. The van der Waals surface area contributed by atoms with Gasteiger partial charge in [-0.1, -0.05) is 6.07 Å². The maximum atomic E-state index is 12.5. The molecule has 2 heterocycles. The highest BCUT2D eigenvalue weighted by Gasteiger charge is 2.25. The van der Waals surface area contributed by atoms with Crippen molar-refractivity contribution < 1.29 is 13.9 Å². The highest BCUT2D eigenvalue weighted by molar-refractivity contribution is 5.96. The maximum Gasteiger partial charge on any atom is 0.255 e. The average molecular weight is 342 g/mol. The van der Waals surface area contributed by atoms with Crippen LogP contribution in [0.15, 0.2) is 28.7 Å². The maximum absolute atomic E-state index is 12.5. The lowest BCUT2D eigenvalue weighted by Crippen LogP contribution is -2.31. The molecule has 1 saturated heterocycles. The van der Waals surface area contributed by atoms with Crippen molar-refractivity contribution in [2.45, 2.75) is 27.2 Å². The Balaban J connectivity index is 1.57. The van der Waals surface area contributed by atoms with Gasteiger partial charge < -0.3 is 19.4 Å². The quantitative estimate of drug-likeness (QED) is 0.904. The van der Waals surface area contributed by atoms with Crippen molar-refractivity contribution in [3.63, 3.8) is 0 Å². The molecule has 3 rings (SSSR count). The van der Waals surface area contributed by atoms with Gasteiger partial charge in [0.25, 0.3) is 5.91 Å². The number of carbonyl (C=O) groups excluding carboxylic acids is 1. The van der Waals surface area contributed by atoms with Crippen molar-refractivity contribution in [1.82, 2.24) is 5.32 Å². The number of methoxy groups -OCH3 is 1. The second kappa shape index (κ2) is 7.21. The van der Waals surface area contributed by atoms with Gasteiger partial charge in [-0.15, -0.1) is 0 Å². The molecule has 5 nitrogen and oxygen atoms in total. The minimum atomic E-state index is -0.0355. The number of amides is 1. The molecular weight excluding hydrogens is 316 g/mol. The van der Waals surface area contributed by atoms with Crippen LogP contribution in [0.3, 0.4) is 0 Å². The van der Waals surface area contributed by atoms with E-state index in [9.17, 15) is 4.79 Å². The van der Waals surface area contributed by atoms with E-state index in [0.29, 0.717) is 23.8 Å². The van der Waals surface area contributed by atoms with Crippen molar-refractivity contribution in [1.29, 1.82) is 0 Å². The molecule has 1 N–H and O–H groups in total. The molecule has 0 saturated carbocycles. The second-order valence-electron chi connectivity index (χ2n) is 6.73. The zero-order chi connectivity index (χ0) is 18.0. The van der Waals surface area contributed by atoms with E-state index in [4.69, 9.17) is 9.15 Å². The topological polar surface area (TPSA) is 54.7 Å². The van der Waals surface area contributed by atoms with Gasteiger partial charge in [0.1, 0.15) is 17.3 Å². The Morgan fingerprint density at radius 3 is 2.80 bits per heavy atom. The zero-order valence-electron chi connectivity index (χ0n) is 15.4. The third kappa shape index (κ3) is 3.65. The van der Waals surface area contributed by atoms with Crippen molar-refractivity contribution in [3.8, 4) is 5.75 Å². The molecule has 0 unspecified atom stereocenters. The number of nitrogens with zero attached hydrogens (tertiary/aromatic N) is 1. The molecule has 1 fully saturated rings. The molecule has 1 aliphatic rings. The summed E-state index contributed by atoms with van der Waals surface area (Å²) in [6.45, 7) is 8.28. The van der Waals surface area contributed by atoms with E-state index in [1.165, 1.54) is 5.69 Å². The van der Waals surface area contributed by atoms with E-state index in [2.05, 4.69) is 22.3 Å². The summed E-state index contributed by atoms with van der Waals surface area (Å²) in [5.41, 5.74) is 2.78. The van der Waals surface area contributed by atoms with E-state index in [0.717, 1.165) is 36.6 Å². The Kier molecular flexibility index (Phi) is 5.02. The number of aryl methyl sites for hydroxylation is 2. The molecule has 1 aromatic heterocycles.